The second-order valence-corrected chi connectivity index (χ2v) is 5.37. The molecule has 2 rings (SSSR count). The van der Waals surface area contributed by atoms with Gasteiger partial charge in [0.05, 0.1) is 11.6 Å². The van der Waals surface area contributed by atoms with Crippen LogP contribution in [0.25, 0.3) is 0 Å². The first kappa shape index (κ1) is 14.9. The highest BCUT2D eigenvalue weighted by Gasteiger charge is 2.42. The molecule has 6 heteroatoms. The largest absolute Gasteiger partial charge is 0.478 e. The second kappa shape index (κ2) is 6.27. The number of nitriles is 1. The first-order valence-corrected chi connectivity index (χ1v) is 6.76. The zero-order chi connectivity index (χ0) is 15.3. The van der Waals surface area contributed by atoms with Crippen molar-refractivity contribution in [3.8, 4) is 6.07 Å². The number of benzene rings is 1. The summed E-state index contributed by atoms with van der Waals surface area (Å²) in [6.45, 7) is 0.849. The highest BCUT2D eigenvalue weighted by atomic mass is 16.4. The number of carbonyl (C=O) groups is 2. The van der Waals surface area contributed by atoms with E-state index in [1.54, 1.807) is 12.1 Å². The molecule has 0 aromatic heterocycles. The number of hydrogen-bond acceptors (Lipinski definition) is 3. The fourth-order valence-electron chi connectivity index (χ4n) is 2.04. The van der Waals surface area contributed by atoms with E-state index in [-0.39, 0.29) is 17.0 Å². The van der Waals surface area contributed by atoms with Crippen molar-refractivity contribution >= 4 is 12.0 Å². The zero-order valence-corrected chi connectivity index (χ0v) is 11.6. The van der Waals surface area contributed by atoms with Gasteiger partial charge in [-0.05, 0) is 30.5 Å². The Morgan fingerprint density at radius 2 is 1.90 bits per heavy atom. The SMILES string of the molecule is N#CCC1(CNC(=O)NCc2ccc(C(=O)O)cc2)CC1. The van der Waals surface area contributed by atoms with Crippen LogP contribution >= 0.6 is 0 Å². The van der Waals surface area contributed by atoms with E-state index < -0.39 is 5.97 Å². The lowest BCUT2D eigenvalue weighted by Crippen LogP contribution is -2.38. The maximum atomic E-state index is 11.7. The van der Waals surface area contributed by atoms with Crippen LogP contribution in [0.4, 0.5) is 4.79 Å². The van der Waals surface area contributed by atoms with Crippen molar-refractivity contribution in [1.82, 2.24) is 10.6 Å². The van der Waals surface area contributed by atoms with Gasteiger partial charge in [-0.25, -0.2) is 9.59 Å². The van der Waals surface area contributed by atoms with Gasteiger partial charge in [0.25, 0.3) is 0 Å². The highest BCUT2D eigenvalue weighted by Crippen LogP contribution is 2.47. The summed E-state index contributed by atoms with van der Waals surface area (Å²) in [7, 11) is 0. The van der Waals surface area contributed by atoms with E-state index in [1.807, 2.05) is 0 Å². The average molecular weight is 287 g/mol. The van der Waals surface area contributed by atoms with E-state index in [2.05, 4.69) is 16.7 Å². The predicted molar refractivity (Wildman–Crippen MR) is 75.5 cm³/mol. The molecule has 1 fully saturated rings. The van der Waals surface area contributed by atoms with Gasteiger partial charge in [-0.3, -0.25) is 0 Å². The third kappa shape index (κ3) is 4.21. The lowest BCUT2D eigenvalue weighted by atomic mass is 10.0. The molecule has 0 saturated heterocycles. The highest BCUT2D eigenvalue weighted by molar-refractivity contribution is 5.87. The first-order valence-electron chi connectivity index (χ1n) is 6.76. The molecule has 1 aromatic carbocycles. The number of nitrogens with zero attached hydrogens (tertiary/aromatic N) is 1. The van der Waals surface area contributed by atoms with E-state index in [0.717, 1.165) is 18.4 Å². The van der Waals surface area contributed by atoms with Crippen LogP contribution in [0.1, 0.15) is 35.2 Å². The van der Waals surface area contributed by atoms with Crippen LogP contribution in [-0.2, 0) is 6.54 Å². The Kier molecular flexibility index (Phi) is 4.43. The molecule has 2 amide bonds. The van der Waals surface area contributed by atoms with Crippen molar-refractivity contribution in [2.75, 3.05) is 6.54 Å². The third-order valence-electron chi connectivity index (χ3n) is 3.69. The molecule has 1 saturated carbocycles. The number of urea groups is 1. The number of carboxylic acid groups (broad SMARTS) is 1. The molecule has 110 valence electrons. The normalized spacial score (nSPS) is 14.8. The van der Waals surface area contributed by atoms with Gasteiger partial charge >= 0.3 is 12.0 Å². The summed E-state index contributed by atoms with van der Waals surface area (Å²) in [4.78, 5) is 22.4. The van der Waals surface area contributed by atoms with Crippen LogP contribution in [0, 0.1) is 16.7 Å². The van der Waals surface area contributed by atoms with Crippen molar-refractivity contribution in [3.05, 3.63) is 35.4 Å². The number of carbonyl (C=O) groups excluding carboxylic acids is 1. The summed E-state index contributed by atoms with van der Waals surface area (Å²) in [6.07, 6.45) is 2.44. The van der Waals surface area contributed by atoms with Crippen molar-refractivity contribution in [3.63, 3.8) is 0 Å². The van der Waals surface area contributed by atoms with E-state index in [9.17, 15) is 9.59 Å². The Labute approximate surface area is 122 Å². The van der Waals surface area contributed by atoms with Gasteiger partial charge in [0.15, 0.2) is 0 Å². The Bertz CT molecular complexity index is 571. The van der Waals surface area contributed by atoms with Crippen LogP contribution in [0.5, 0.6) is 0 Å². The fraction of sp³-hybridized carbons (Fsp3) is 0.400. The van der Waals surface area contributed by atoms with Gasteiger partial charge in [0.2, 0.25) is 0 Å². The molecule has 0 heterocycles. The third-order valence-corrected chi connectivity index (χ3v) is 3.69. The molecule has 1 aromatic rings. The standard InChI is InChI=1S/C15H17N3O3/c16-8-7-15(5-6-15)10-18-14(21)17-9-11-1-3-12(4-2-11)13(19)20/h1-4H,5-7,9-10H2,(H,19,20)(H2,17,18,21). The number of hydrogen-bond donors (Lipinski definition) is 3. The molecule has 6 nitrogen and oxygen atoms in total. The lowest BCUT2D eigenvalue weighted by molar-refractivity contribution is 0.0697. The zero-order valence-electron chi connectivity index (χ0n) is 11.6. The lowest BCUT2D eigenvalue weighted by Gasteiger charge is -2.13. The monoisotopic (exact) mass is 287 g/mol. The molecule has 1 aliphatic rings. The molecule has 0 atom stereocenters. The summed E-state index contributed by atoms with van der Waals surface area (Å²) < 4.78 is 0. The number of rotatable bonds is 6. The van der Waals surface area contributed by atoms with E-state index in [4.69, 9.17) is 10.4 Å². The Hall–Kier alpha value is -2.55. The molecule has 0 spiro atoms. The Morgan fingerprint density at radius 1 is 1.24 bits per heavy atom. The van der Waals surface area contributed by atoms with Gasteiger partial charge in [0, 0.05) is 24.9 Å². The smallest absolute Gasteiger partial charge is 0.335 e. The minimum atomic E-state index is -0.973. The maximum absolute atomic E-state index is 11.7. The van der Waals surface area contributed by atoms with E-state index in [0.29, 0.717) is 19.5 Å². The fourth-order valence-corrected chi connectivity index (χ4v) is 2.04. The van der Waals surface area contributed by atoms with Crippen molar-refractivity contribution in [1.29, 1.82) is 5.26 Å². The molecule has 0 bridgehead atoms. The van der Waals surface area contributed by atoms with Gasteiger partial charge in [-0.15, -0.1) is 0 Å². The molecule has 0 unspecified atom stereocenters. The molecular weight excluding hydrogens is 270 g/mol. The summed E-state index contributed by atoms with van der Waals surface area (Å²) >= 11 is 0. The Morgan fingerprint density at radius 3 is 2.43 bits per heavy atom. The number of nitrogens with one attached hydrogen (secondary N) is 2. The number of carboxylic acids is 1. The average Bonchev–Trinajstić information content (AvgIpc) is 3.24. The minimum Gasteiger partial charge on any atom is -0.478 e. The van der Waals surface area contributed by atoms with Gasteiger partial charge in [0.1, 0.15) is 0 Å². The molecule has 3 N–H and O–H groups in total. The van der Waals surface area contributed by atoms with Crippen molar-refractivity contribution < 1.29 is 14.7 Å². The predicted octanol–water partition coefficient (Wildman–Crippen LogP) is 1.88. The first-order chi connectivity index (χ1) is 10.0. The minimum absolute atomic E-state index is 0.0186. The van der Waals surface area contributed by atoms with Crippen LogP contribution < -0.4 is 10.6 Å². The summed E-state index contributed by atoms with van der Waals surface area (Å²) in [6, 6.07) is 8.21. The van der Waals surface area contributed by atoms with Gasteiger partial charge < -0.3 is 15.7 Å². The number of aromatic carboxylic acids is 1. The van der Waals surface area contributed by atoms with Crippen LogP contribution in [-0.4, -0.2) is 23.7 Å². The van der Waals surface area contributed by atoms with E-state index >= 15 is 0 Å². The molecule has 0 radical (unpaired) electrons. The van der Waals surface area contributed by atoms with Crippen LogP contribution in [0.15, 0.2) is 24.3 Å². The van der Waals surface area contributed by atoms with Gasteiger partial charge in [-0.2, -0.15) is 5.26 Å². The molecular formula is C15H17N3O3. The van der Waals surface area contributed by atoms with Crippen molar-refractivity contribution in [2.24, 2.45) is 5.41 Å². The summed E-state index contributed by atoms with van der Waals surface area (Å²) in [5.41, 5.74) is 1.03. The van der Waals surface area contributed by atoms with Crippen molar-refractivity contribution in [2.45, 2.75) is 25.8 Å². The topological polar surface area (TPSA) is 102 Å². The van der Waals surface area contributed by atoms with E-state index in [1.165, 1.54) is 12.1 Å². The van der Waals surface area contributed by atoms with Crippen LogP contribution in [0.3, 0.4) is 0 Å². The molecule has 1 aliphatic carbocycles. The quantitative estimate of drug-likeness (QED) is 0.743. The summed E-state index contributed by atoms with van der Waals surface area (Å²) in [5, 5.41) is 23.0. The number of amides is 2. The Balaban J connectivity index is 1.74. The maximum Gasteiger partial charge on any atom is 0.335 e. The van der Waals surface area contributed by atoms with Crippen LogP contribution in [0.2, 0.25) is 0 Å². The van der Waals surface area contributed by atoms with Gasteiger partial charge in [-0.1, -0.05) is 12.1 Å². The molecule has 0 aliphatic heterocycles. The molecule has 21 heavy (non-hydrogen) atoms. The second-order valence-electron chi connectivity index (χ2n) is 5.37. The summed E-state index contributed by atoms with van der Waals surface area (Å²) in [5.74, 6) is -0.973.